The third-order valence-electron chi connectivity index (χ3n) is 3.57. The fraction of sp³-hybridized carbons (Fsp3) is 0.250. The largest absolute Gasteiger partial charge is 0.377 e. The van der Waals surface area contributed by atoms with Gasteiger partial charge >= 0.3 is 0 Å². The monoisotopic (exact) mass is 300 g/mol. The lowest BCUT2D eigenvalue weighted by Gasteiger charge is -2.22. The summed E-state index contributed by atoms with van der Waals surface area (Å²) < 4.78 is 0. The highest BCUT2D eigenvalue weighted by atomic mass is 32.1. The Morgan fingerprint density at radius 1 is 1.10 bits per heavy atom. The summed E-state index contributed by atoms with van der Waals surface area (Å²) in [4.78, 5) is 24.5. The van der Waals surface area contributed by atoms with Gasteiger partial charge in [-0.1, -0.05) is 19.9 Å². The van der Waals surface area contributed by atoms with Crippen LogP contribution in [0.2, 0.25) is 0 Å². The molecule has 5 heteroatoms. The van der Waals surface area contributed by atoms with E-state index in [2.05, 4.69) is 35.9 Å². The third-order valence-corrected chi connectivity index (χ3v) is 4.53. The minimum Gasteiger partial charge on any atom is -0.377 e. The molecule has 1 atom stereocenters. The van der Waals surface area contributed by atoms with Crippen molar-refractivity contribution in [1.29, 1.82) is 0 Å². The molecule has 2 N–H and O–H groups in total. The van der Waals surface area contributed by atoms with Crippen molar-refractivity contribution in [2.24, 2.45) is 5.92 Å². The van der Waals surface area contributed by atoms with Crippen LogP contribution >= 0.6 is 11.3 Å². The van der Waals surface area contributed by atoms with E-state index < -0.39 is 0 Å². The molecule has 4 nitrogen and oxygen atoms in total. The number of benzene rings is 1. The zero-order valence-corrected chi connectivity index (χ0v) is 12.7. The van der Waals surface area contributed by atoms with E-state index in [1.54, 1.807) is 23.5 Å². The molecule has 0 saturated carbocycles. The van der Waals surface area contributed by atoms with E-state index in [4.69, 9.17) is 0 Å². The lowest BCUT2D eigenvalue weighted by molar-refractivity contribution is 0.0879. The van der Waals surface area contributed by atoms with Crippen molar-refractivity contribution in [2.75, 3.05) is 5.32 Å². The fourth-order valence-corrected chi connectivity index (χ4v) is 3.42. The van der Waals surface area contributed by atoms with Crippen LogP contribution in [0.4, 0.5) is 5.69 Å². The van der Waals surface area contributed by atoms with Crippen LogP contribution in [0, 0.1) is 5.92 Å². The van der Waals surface area contributed by atoms with Gasteiger partial charge < -0.3 is 5.32 Å². The van der Waals surface area contributed by atoms with Crippen LogP contribution in [0.15, 0.2) is 35.7 Å². The van der Waals surface area contributed by atoms with Crippen LogP contribution < -0.4 is 10.6 Å². The van der Waals surface area contributed by atoms with E-state index in [0.717, 1.165) is 5.69 Å². The number of nitrogens with one attached hydrogen (secondary N) is 2. The number of hydrogen-bond donors (Lipinski definition) is 2. The van der Waals surface area contributed by atoms with Crippen molar-refractivity contribution in [3.8, 4) is 0 Å². The average Bonchev–Trinajstić information content (AvgIpc) is 3.05. The highest BCUT2D eigenvalue weighted by molar-refractivity contribution is 7.10. The number of hydrogen-bond acceptors (Lipinski definition) is 4. The van der Waals surface area contributed by atoms with Crippen LogP contribution in [0.1, 0.15) is 45.5 Å². The minimum atomic E-state index is -0.323. The summed E-state index contributed by atoms with van der Waals surface area (Å²) in [6.45, 7) is 4.31. The Morgan fingerprint density at radius 3 is 2.52 bits per heavy atom. The molecule has 2 heterocycles. The van der Waals surface area contributed by atoms with E-state index >= 15 is 0 Å². The topological polar surface area (TPSA) is 58.2 Å². The summed E-state index contributed by atoms with van der Waals surface area (Å²) in [6.07, 6.45) is 0. The molecule has 0 spiro atoms. The molecule has 3 rings (SSSR count). The smallest absolute Gasteiger partial charge is 0.259 e. The van der Waals surface area contributed by atoms with E-state index in [1.165, 1.54) is 4.88 Å². The summed E-state index contributed by atoms with van der Waals surface area (Å²) in [5.41, 5.74) is 1.74. The lowest BCUT2D eigenvalue weighted by Crippen LogP contribution is -2.19. The summed E-state index contributed by atoms with van der Waals surface area (Å²) in [5, 5.41) is 7.83. The molecule has 1 unspecified atom stereocenters. The number of carbonyl (C=O) groups excluding carboxylic acids is 2. The Balaban J connectivity index is 1.90. The summed E-state index contributed by atoms with van der Waals surface area (Å²) in [7, 11) is 0. The number of fused-ring (bicyclic) bond motifs is 1. The van der Waals surface area contributed by atoms with Crippen LogP contribution in [-0.2, 0) is 0 Å². The summed E-state index contributed by atoms with van der Waals surface area (Å²) in [6, 6.07) is 9.61. The molecule has 0 fully saturated rings. The van der Waals surface area contributed by atoms with Crippen LogP contribution in [-0.4, -0.2) is 11.8 Å². The molecular formula is C16H16N2O2S. The van der Waals surface area contributed by atoms with E-state index in [-0.39, 0.29) is 17.9 Å². The molecule has 0 saturated heterocycles. The number of carbonyl (C=O) groups is 2. The van der Waals surface area contributed by atoms with Gasteiger partial charge in [-0.05, 0) is 35.6 Å². The lowest BCUT2D eigenvalue weighted by atomic mass is 10.0. The van der Waals surface area contributed by atoms with Crippen LogP contribution in [0.5, 0.6) is 0 Å². The predicted octanol–water partition coefficient (Wildman–Crippen LogP) is 3.44. The van der Waals surface area contributed by atoms with Crippen LogP contribution in [0.25, 0.3) is 0 Å². The van der Waals surface area contributed by atoms with Gasteiger partial charge in [0.2, 0.25) is 0 Å². The zero-order valence-electron chi connectivity index (χ0n) is 11.8. The Morgan fingerprint density at radius 2 is 1.86 bits per heavy atom. The van der Waals surface area contributed by atoms with Gasteiger partial charge in [-0.2, -0.15) is 0 Å². The van der Waals surface area contributed by atoms with Crippen LogP contribution in [0.3, 0.4) is 0 Å². The van der Waals surface area contributed by atoms with Crippen molar-refractivity contribution in [1.82, 2.24) is 5.32 Å². The zero-order chi connectivity index (χ0) is 15.0. The number of thiophene rings is 1. The Bertz CT molecular complexity index is 692. The molecule has 108 valence electrons. The molecule has 2 amide bonds. The van der Waals surface area contributed by atoms with E-state index in [1.807, 2.05) is 12.1 Å². The van der Waals surface area contributed by atoms with E-state index in [9.17, 15) is 9.59 Å². The van der Waals surface area contributed by atoms with Crippen molar-refractivity contribution < 1.29 is 9.59 Å². The molecule has 21 heavy (non-hydrogen) atoms. The Labute approximate surface area is 127 Å². The van der Waals surface area contributed by atoms with Gasteiger partial charge in [0.15, 0.2) is 0 Å². The maximum absolute atomic E-state index is 11.7. The SMILES string of the molecule is CC(C)C(Nc1ccc2c(c1)C(=O)NC2=O)c1cccs1. The van der Waals surface area contributed by atoms with E-state index in [0.29, 0.717) is 17.0 Å². The van der Waals surface area contributed by atoms with Gasteiger partial charge in [0.05, 0.1) is 17.2 Å². The highest BCUT2D eigenvalue weighted by Gasteiger charge is 2.27. The predicted molar refractivity (Wildman–Crippen MR) is 83.8 cm³/mol. The highest BCUT2D eigenvalue weighted by Crippen LogP contribution is 2.31. The Kier molecular flexibility index (Phi) is 3.51. The van der Waals surface area contributed by atoms with Gasteiger partial charge in [0.1, 0.15) is 0 Å². The molecule has 1 aromatic carbocycles. The standard InChI is InChI=1S/C16H16N2O2S/c1-9(2)14(13-4-3-7-21-13)17-10-5-6-11-12(8-10)16(20)18-15(11)19/h3-9,14,17H,1-2H3,(H,18,19,20). The summed E-state index contributed by atoms with van der Waals surface area (Å²) >= 11 is 1.71. The van der Waals surface area contributed by atoms with Crippen molar-refractivity contribution in [3.05, 3.63) is 51.7 Å². The second-order valence-electron chi connectivity index (χ2n) is 5.43. The second-order valence-corrected chi connectivity index (χ2v) is 6.40. The van der Waals surface area contributed by atoms with Gasteiger partial charge in [-0.15, -0.1) is 11.3 Å². The van der Waals surface area contributed by atoms with Gasteiger partial charge in [-0.3, -0.25) is 14.9 Å². The molecule has 2 aromatic rings. The maximum Gasteiger partial charge on any atom is 0.259 e. The average molecular weight is 300 g/mol. The first-order valence-corrected chi connectivity index (χ1v) is 7.74. The van der Waals surface area contributed by atoms with Crippen molar-refractivity contribution in [2.45, 2.75) is 19.9 Å². The number of rotatable bonds is 4. The number of imide groups is 1. The van der Waals surface area contributed by atoms with Gasteiger partial charge in [0.25, 0.3) is 11.8 Å². The quantitative estimate of drug-likeness (QED) is 0.850. The Hall–Kier alpha value is -2.14. The number of amides is 2. The van der Waals surface area contributed by atoms with Gasteiger partial charge in [0, 0.05) is 10.6 Å². The molecular weight excluding hydrogens is 284 g/mol. The molecule has 0 radical (unpaired) electrons. The first-order valence-electron chi connectivity index (χ1n) is 6.86. The second kappa shape index (κ2) is 5.33. The fourth-order valence-electron chi connectivity index (χ4n) is 2.47. The number of anilines is 1. The summed E-state index contributed by atoms with van der Waals surface area (Å²) in [5.74, 6) is -0.233. The maximum atomic E-state index is 11.7. The first-order chi connectivity index (χ1) is 10.1. The first kappa shape index (κ1) is 13.8. The van der Waals surface area contributed by atoms with Gasteiger partial charge in [-0.25, -0.2) is 0 Å². The third kappa shape index (κ3) is 2.56. The minimum absolute atomic E-state index is 0.184. The van der Waals surface area contributed by atoms with Crippen molar-refractivity contribution in [3.63, 3.8) is 0 Å². The molecule has 1 aliphatic heterocycles. The molecule has 1 aliphatic rings. The normalized spacial score (nSPS) is 15.0. The molecule has 1 aromatic heterocycles. The molecule has 0 aliphatic carbocycles. The molecule has 0 bridgehead atoms. The van der Waals surface area contributed by atoms with Crippen molar-refractivity contribution >= 4 is 28.8 Å².